The lowest BCUT2D eigenvalue weighted by atomic mass is 10.2. The van der Waals surface area contributed by atoms with Gasteiger partial charge in [0.25, 0.3) is 0 Å². The molecule has 0 atom stereocenters. The normalized spacial score (nSPS) is 10.3. The van der Waals surface area contributed by atoms with Crippen molar-refractivity contribution in [2.45, 2.75) is 20.3 Å². The Labute approximate surface area is 112 Å². The Kier molecular flexibility index (Phi) is 4.34. The third-order valence-corrected chi connectivity index (χ3v) is 2.66. The Morgan fingerprint density at radius 1 is 1.21 bits per heavy atom. The van der Waals surface area contributed by atoms with Gasteiger partial charge in [0, 0.05) is 12.6 Å². The smallest absolute Gasteiger partial charge is 0.147 e. The third-order valence-electron chi connectivity index (χ3n) is 2.66. The molecule has 1 aromatic heterocycles. The Balaban J connectivity index is 2.11. The molecule has 0 aliphatic rings. The van der Waals surface area contributed by atoms with E-state index in [1.807, 2.05) is 6.07 Å². The van der Waals surface area contributed by atoms with E-state index in [1.54, 1.807) is 31.5 Å². The highest BCUT2D eigenvalue weighted by molar-refractivity contribution is 5.46. The van der Waals surface area contributed by atoms with Crippen molar-refractivity contribution in [1.29, 1.82) is 0 Å². The van der Waals surface area contributed by atoms with Crippen molar-refractivity contribution in [3.63, 3.8) is 0 Å². The summed E-state index contributed by atoms with van der Waals surface area (Å²) in [4.78, 5) is 4.11. The zero-order valence-corrected chi connectivity index (χ0v) is 11.1. The Hall–Kier alpha value is -2.10. The highest BCUT2D eigenvalue weighted by Gasteiger charge is 2.02. The summed E-state index contributed by atoms with van der Waals surface area (Å²) in [5.74, 6) is 1.00. The van der Waals surface area contributed by atoms with E-state index in [0.717, 1.165) is 18.7 Å². The fourth-order valence-corrected chi connectivity index (χ4v) is 1.66. The van der Waals surface area contributed by atoms with Crippen molar-refractivity contribution in [3.05, 3.63) is 48.0 Å². The molecule has 0 saturated carbocycles. The molecule has 100 valence electrons. The number of rotatable bonds is 5. The molecule has 0 aliphatic carbocycles. The van der Waals surface area contributed by atoms with Crippen LogP contribution in [0.1, 0.15) is 18.9 Å². The predicted molar refractivity (Wildman–Crippen MR) is 74.2 cm³/mol. The number of halogens is 1. The van der Waals surface area contributed by atoms with Gasteiger partial charge in [0.1, 0.15) is 17.3 Å². The van der Waals surface area contributed by atoms with Crippen LogP contribution >= 0.6 is 0 Å². The predicted octanol–water partition coefficient (Wildman–Crippen LogP) is 4.14. The maximum absolute atomic E-state index is 13.2. The molecule has 0 unspecified atom stereocenters. The van der Waals surface area contributed by atoms with Crippen LogP contribution in [-0.2, 0) is 0 Å². The van der Waals surface area contributed by atoms with Gasteiger partial charge in [0.2, 0.25) is 0 Å². The minimum absolute atomic E-state index is 0.233. The van der Waals surface area contributed by atoms with Crippen LogP contribution in [0.25, 0.3) is 0 Å². The quantitative estimate of drug-likeness (QED) is 0.877. The van der Waals surface area contributed by atoms with Gasteiger partial charge in [-0.05, 0) is 37.1 Å². The van der Waals surface area contributed by atoms with Crippen molar-refractivity contribution >= 4 is 5.69 Å². The van der Waals surface area contributed by atoms with Crippen LogP contribution in [-0.4, -0.2) is 11.5 Å². The number of pyridine rings is 1. The zero-order valence-electron chi connectivity index (χ0n) is 11.1. The van der Waals surface area contributed by atoms with Gasteiger partial charge < -0.3 is 10.1 Å². The highest BCUT2D eigenvalue weighted by Crippen LogP contribution is 2.24. The van der Waals surface area contributed by atoms with Crippen LogP contribution in [0.4, 0.5) is 10.1 Å². The molecule has 4 heteroatoms. The number of nitrogens with zero attached hydrogens (tertiary/aromatic N) is 1. The summed E-state index contributed by atoms with van der Waals surface area (Å²) in [6.45, 7) is 4.70. The Morgan fingerprint density at radius 2 is 2.05 bits per heavy atom. The molecular weight excluding hydrogens is 243 g/mol. The van der Waals surface area contributed by atoms with Crippen molar-refractivity contribution in [3.8, 4) is 11.5 Å². The van der Waals surface area contributed by atoms with Gasteiger partial charge in [-0.3, -0.25) is 4.98 Å². The summed E-state index contributed by atoms with van der Waals surface area (Å²) >= 11 is 0. The van der Waals surface area contributed by atoms with Crippen molar-refractivity contribution < 1.29 is 9.13 Å². The van der Waals surface area contributed by atoms with E-state index in [2.05, 4.69) is 17.2 Å². The second-order valence-corrected chi connectivity index (χ2v) is 4.35. The van der Waals surface area contributed by atoms with E-state index >= 15 is 0 Å². The number of anilines is 1. The molecule has 1 aromatic carbocycles. The third kappa shape index (κ3) is 3.68. The molecule has 0 bridgehead atoms. The monoisotopic (exact) mass is 260 g/mol. The molecule has 0 radical (unpaired) electrons. The molecule has 1 heterocycles. The van der Waals surface area contributed by atoms with Crippen LogP contribution in [0, 0.1) is 12.7 Å². The standard InChI is InChI=1S/C15H17FN2O/c1-3-6-18-12-8-14(10-17-9-12)19-13-4-5-15(16)11(2)7-13/h4-5,7-10,18H,3,6H2,1-2H3. The number of aromatic nitrogens is 1. The molecule has 3 nitrogen and oxygen atoms in total. The van der Waals surface area contributed by atoms with Crippen molar-refractivity contribution in [1.82, 2.24) is 4.98 Å². The fourth-order valence-electron chi connectivity index (χ4n) is 1.66. The van der Waals surface area contributed by atoms with Gasteiger partial charge in [-0.2, -0.15) is 0 Å². The fraction of sp³-hybridized carbons (Fsp3) is 0.267. The van der Waals surface area contributed by atoms with Gasteiger partial charge in [-0.25, -0.2) is 4.39 Å². The maximum atomic E-state index is 13.2. The lowest BCUT2D eigenvalue weighted by Gasteiger charge is -2.09. The number of ether oxygens (including phenoxy) is 1. The van der Waals surface area contributed by atoms with E-state index < -0.39 is 0 Å². The van der Waals surface area contributed by atoms with E-state index in [-0.39, 0.29) is 5.82 Å². The molecule has 0 fully saturated rings. The summed E-state index contributed by atoms with van der Waals surface area (Å²) in [6.07, 6.45) is 4.43. The second-order valence-electron chi connectivity index (χ2n) is 4.35. The molecule has 1 N–H and O–H groups in total. The topological polar surface area (TPSA) is 34.2 Å². The first-order chi connectivity index (χ1) is 9.19. The lowest BCUT2D eigenvalue weighted by Crippen LogP contribution is -2.00. The van der Waals surface area contributed by atoms with Crippen LogP contribution in [0.2, 0.25) is 0 Å². The average Bonchev–Trinajstić information content (AvgIpc) is 2.41. The summed E-state index contributed by atoms with van der Waals surface area (Å²) in [7, 11) is 0. The molecule has 19 heavy (non-hydrogen) atoms. The molecule has 0 saturated heterocycles. The molecule has 0 amide bonds. The minimum atomic E-state index is -0.233. The van der Waals surface area contributed by atoms with Gasteiger partial charge >= 0.3 is 0 Å². The SMILES string of the molecule is CCCNc1cncc(Oc2ccc(F)c(C)c2)c1. The summed E-state index contributed by atoms with van der Waals surface area (Å²) < 4.78 is 18.8. The van der Waals surface area contributed by atoms with E-state index in [4.69, 9.17) is 4.74 Å². The van der Waals surface area contributed by atoms with Gasteiger partial charge in [-0.1, -0.05) is 6.92 Å². The number of benzene rings is 1. The lowest BCUT2D eigenvalue weighted by molar-refractivity contribution is 0.477. The van der Waals surface area contributed by atoms with Crippen LogP contribution in [0.15, 0.2) is 36.7 Å². The largest absolute Gasteiger partial charge is 0.456 e. The van der Waals surface area contributed by atoms with E-state index in [0.29, 0.717) is 17.1 Å². The van der Waals surface area contributed by atoms with Crippen molar-refractivity contribution in [2.75, 3.05) is 11.9 Å². The molecule has 2 rings (SSSR count). The van der Waals surface area contributed by atoms with E-state index in [1.165, 1.54) is 6.07 Å². The summed E-state index contributed by atoms with van der Waals surface area (Å²) in [6, 6.07) is 6.55. The first kappa shape index (κ1) is 13.3. The van der Waals surface area contributed by atoms with Gasteiger partial charge in [0.05, 0.1) is 18.1 Å². The summed E-state index contributed by atoms with van der Waals surface area (Å²) in [5, 5.41) is 3.24. The Morgan fingerprint density at radius 3 is 2.79 bits per heavy atom. The minimum Gasteiger partial charge on any atom is -0.456 e. The van der Waals surface area contributed by atoms with Gasteiger partial charge in [0.15, 0.2) is 0 Å². The second kappa shape index (κ2) is 6.18. The van der Waals surface area contributed by atoms with E-state index in [9.17, 15) is 4.39 Å². The Bertz CT molecular complexity index is 558. The van der Waals surface area contributed by atoms with Crippen molar-refractivity contribution in [2.24, 2.45) is 0 Å². The van der Waals surface area contributed by atoms with Crippen LogP contribution in [0.3, 0.4) is 0 Å². The average molecular weight is 260 g/mol. The summed E-state index contributed by atoms with van der Waals surface area (Å²) in [5.41, 5.74) is 1.48. The number of aryl methyl sites for hydroxylation is 1. The molecule has 0 spiro atoms. The highest BCUT2D eigenvalue weighted by atomic mass is 19.1. The number of nitrogens with one attached hydrogen (secondary N) is 1. The molecule has 0 aliphatic heterocycles. The number of hydrogen-bond acceptors (Lipinski definition) is 3. The first-order valence-electron chi connectivity index (χ1n) is 6.32. The van der Waals surface area contributed by atoms with Gasteiger partial charge in [-0.15, -0.1) is 0 Å². The molecule has 2 aromatic rings. The molecular formula is C15H17FN2O. The first-order valence-corrected chi connectivity index (χ1v) is 6.32. The zero-order chi connectivity index (χ0) is 13.7. The van der Waals surface area contributed by atoms with Crippen LogP contribution in [0.5, 0.6) is 11.5 Å². The number of hydrogen-bond donors (Lipinski definition) is 1. The van der Waals surface area contributed by atoms with Crippen LogP contribution < -0.4 is 10.1 Å². The maximum Gasteiger partial charge on any atom is 0.147 e.